The number of rotatable bonds is 3. The lowest BCUT2D eigenvalue weighted by atomic mass is 10.0. The minimum atomic E-state index is -0.472. The van der Waals surface area contributed by atoms with E-state index in [1.165, 1.54) is 18.2 Å². The SMILES string of the molecule is NNC(c1cc(F)ccc1Cl)c1cnn2ccncc12. The zero-order valence-electron chi connectivity index (χ0n) is 10.3. The van der Waals surface area contributed by atoms with Gasteiger partial charge in [-0.3, -0.25) is 10.8 Å². The van der Waals surface area contributed by atoms with Gasteiger partial charge >= 0.3 is 0 Å². The van der Waals surface area contributed by atoms with Crippen LogP contribution in [0.3, 0.4) is 0 Å². The number of nitrogens with one attached hydrogen (secondary N) is 1. The van der Waals surface area contributed by atoms with Crippen molar-refractivity contribution >= 4 is 17.1 Å². The summed E-state index contributed by atoms with van der Waals surface area (Å²) in [7, 11) is 0. The van der Waals surface area contributed by atoms with Crippen molar-refractivity contribution < 1.29 is 4.39 Å². The fourth-order valence-electron chi connectivity index (χ4n) is 2.16. The van der Waals surface area contributed by atoms with Crippen molar-refractivity contribution in [2.24, 2.45) is 5.84 Å². The Morgan fingerprint density at radius 1 is 1.30 bits per heavy atom. The molecule has 0 spiro atoms. The molecule has 102 valence electrons. The zero-order valence-corrected chi connectivity index (χ0v) is 11.0. The maximum absolute atomic E-state index is 13.4. The standard InChI is InChI=1S/C13H11ClFN5/c14-11-2-1-8(15)5-9(11)13(19-16)10-6-18-20-4-3-17-7-12(10)20/h1-7,13,19H,16H2. The van der Waals surface area contributed by atoms with Crippen LogP contribution in [0.1, 0.15) is 17.2 Å². The lowest BCUT2D eigenvalue weighted by molar-refractivity contribution is 0.607. The van der Waals surface area contributed by atoms with Crippen molar-refractivity contribution in [1.82, 2.24) is 20.0 Å². The van der Waals surface area contributed by atoms with Crippen molar-refractivity contribution in [3.05, 3.63) is 65.0 Å². The maximum atomic E-state index is 13.4. The molecular formula is C13H11ClFN5. The molecule has 0 bridgehead atoms. The second-order valence-corrected chi connectivity index (χ2v) is 4.68. The van der Waals surface area contributed by atoms with Crippen LogP contribution in [0.4, 0.5) is 4.39 Å². The topological polar surface area (TPSA) is 68.2 Å². The molecule has 1 unspecified atom stereocenters. The molecule has 3 N–H and O–H groups in total. The Kier molecular flexibility index (Phi) is 3.35. The van der Waals surface area contributed by atoms with E-state index < -0.39 is 6.04 Å². The number of nitrogens with zero attached hydrogens (tertiary/aromatic N) is 3. The van der Waals surface area contributed by atoms with Crippen molar-refractivity contribution in [3.8, 4) is 0 Å². The van der Waals surface area contributed by atoms with Gasteiger partial charge in [0, 0.05) is 23.0 Å². The minimum absolute atomic E-state index is 0.376. The van der Waals surface area contributed by atoms with E-state index in [9.17, 15) is 4.39 Å². The van der Waals surface area contributed by atoms with Gasteiger partial charge < -0.3 is 0 Å². The molecule has 0 aliphatic rings. The number of halogens is 2. The van der Waals surface area contributed by atoms with E-state index in [1.54, 1.807) is 29.3 Å². The molecule has 0 amide bonds. The van der Waals surface area contributed by atoms with Gasteiger partial charge in [0.25, 0.3) is 0 Å². The summed E-state index contributed by atoms with van der Waals surface area (Å²) in [4.78, 5) is 4.06. The van der Waals surface area contributed by atoms with Crippen LogP contribution in [-0.4, -0.2) is 14.6 Å². The van der Waals surface area contributed by atoms with Crippen LogP contribution >= 0.6 is 11.6 Å². The van der Waals surface area contributed by atoms with Crippen molar-refractivity contribution in [1.29, 1.82) is 0 Å². The van der Waals surface area contributed by atoms with E-state index in [0.717, 1.165) is 11.1 Å². The third-order valence-electron chi connectivity index (χ3n) is 3.10. The molecule has 0 aliphatic heterocycles. The number of hydrazine groups is 1. The van der Waals surface area contributed by atoms with E-state index in [4.69, 9.17) is 17.4 Å². The third kappa shape index (κ3) is 2.14. The summed E-state index contributed by atoms with van der Waals surface area (Å²) in [6.45, 7) is 0. The molecule has 0 saturated carbocycles. The van der Waals surface area contributed by atoms with Crippen LogP contribution in [0.25, 0.3) is 5.52 Å². The Morgan fingerprint density at radius 3 is 2.95 bits per heavy atom. The van der Waals surface area contributed by atoms with E-state index >= 15 is 0 Å². The first-order valence-electron chi connectivity index (χ1n) is 5.89. The molecule has 0 fully saturated rings. The molecule has 20 heavy (non-hydrogen) atoms. The van der Waals surface area contributed by atoms with Gasteiger partial charge in [0.1, 0.15) is 5.82 Å². The first kappa shape index (κ1) is 13.0. The van der Waals surface area contributed by atoms with Gasteiger partial charge in [-0.25, -0.2) is 14.3 Å². The Labute approximate surface area is 119 Å². The largest absolute Gasteiger partial charge is 0.271 e. The second-order valence-electron chi connectivity index (χ2n) is 4.27. The Morgan fingerprint density at radius 2 is 2.15 bits per heavy atom. The highest BCUT2D eigenvalue weighted by atomic mass is 35.5. The highest BCUT2D eigenvalue weighted by Gasteiger charge is 2.20. The third-order valence-corrected chi connectivity index (χ3v) is 3.45. The maximum Gasteiger partial charge on any atom is 0.123 e. The zero-order chi connectivity index (χ0) is 14.1. The lowest BCUT2D eigenvalue weighted by Crippen LogP contribution is -2.29. The van der Waals surface area contributed by atoms with E-state index in [2.05, 4.69) is 15.5 Å². The first-order valence-corrected chi connectivity index (χ1v) is 6.27. The normalized spacial score (nSPS) is 12.8. The average Bonchev–Trinajstić information content (AvgIpc) is 2.88. The first-order chi connectivity index (χ1) is 9.70. The monoisotopic (exact) mass is 291 g/mol. The number of fused-ring (bicyclic) bond motifs is 1. The van der Waals surface area contributed by atoms with E-state index in [-0.39, 0.29) is 5.82 Å². The number of nitrogens with two attached hydrogens (primary N) is 1. The molecule has 0 radical (unpaired) electrons. The summed E-state index contributed by atoms with van der Waals surface area (Å²) >= 11 is 6.13. The molecule has 0 saturated heterocycles. The molecule has 5 nitrogen and oxygen atoms in total. The number of hydrogen-bond donors (Lipinski definition) is 2. The molecule has 7 heteroatoms. The fourth-order valence-corrected chi connectivity index (χ4v) is 2.38. The molecule has 2 aromatic heterocycles. The predicted octanol–water partition coefficient (Wildman–Crippen LogP) is 2.07. The number of benzene rings is 1. The molecule has 1 aromatic carbocycles. The van der Waals surface area contributed by atoms with E-state index in [1.807, 2.05) is 0 Å². The molecule has 1 atom stereocenters. The summed E-state index contributed by atoms with van der Waals surface area (Å²) in [6.07, 6.45) is 6.67. The van der Waals surface area contributed by atoms with Gasteiger partial charge in [-0.15, -0.1) is 0 Å². The van der Waals surface area contributed by atoms with Crippen LogP contribution in [0.15, 0.2) is 43.0 Å². The van der Waals surface area contributed by atoms with Crippen molar-refractivity contribution in [2.75, 3.05) is 0 Å². The van der Waals surface area contributed by atoms with Crippen LogP contribution < -0.4 is 11.3 Å². The average molecular weight is 292 g/mol. The molecule has 0 aliphatic carbocycles. The van der Waals surface area contributed by atoms with E-state index in [0.29, 0.717) is 10.6 Å². The van der Waals surface area contributed by atoms with Crippen LogP contribution in [0.5, 0.6) is 0 Å². The summed E-state index contributed by atoms with van der Waals surface area (Å²) in [5, 5.41) is 4.64. The highest BCUT2D eigenvalue weighted by molar-refractivity contribution is 6.31. The minimum Gasteiger partial charge on any atom is -0.271 e. The highest BCUT2D eigenvalue weighted by Crippen LogP contribution is 2.30. The molecule has 3 aromatic rings. The summed E-state index contributed by atoms with van der Waals surface area (Å²) in [6, 6.07) is 3.68. The van der Waals surface area contributed by atoms with Gasteiger partial charge in [0.2, 0.25) is 0 Å². The Bertz CT molecular complexity index is 757. The van der Waals surface area contributed by atoms with Gasteiger partial charge in [-0.05, 0) is 23.8 Å². The molecule has 2 heterocycles. The van der Waals surface area contributed by atoms with Gasteiger partial charge in [-0.1, -0.05) is 11.6 Å². The quantitative estimate of drug-likeness (QED) is 0.573. The van der Waals surface area contributed by atoms with Crippen molar-refractivity contribution in [3.63, 3.8) is 0 Å². The predicted molar refractivity (Wildman–Crippen MR) is 73.6 cm³/mol. The number of aromatic nitrogens is 3. The van der Waals surface area contributed by atoms with Crippen LogP contribution in [0.2, 0.25) is 5.02 Å². The molecule has 3 rings (SSSR count). The summed E-state index contributed by atoms with van der Waals surface area (Å²) in [5.41, 5.74) is 4.74. The smallest absolute Gasteiger partial charge is 0.123 e. The Balaban J connectivity index is 2.16. The molecular weight excluding hydrogens is 281 g/mol. The Hall–Kier alpha value is -2.02. The lowest BCUT2D eigenvalue weighted by Gasteiger charge is -2.17. The van der Waals surface area contributed by atoms with Crippen LogP contribution in [-0.2, 0) is 0 Å². The van der Waals surface area contributed by atoms with Crippen LogP contribution in [0, 0.1) is 5.82 Å². The van der Waals surface area contributed by atoms with Crippen molar-refractivity contribution in [2.45, 2.75) is 6.04 Å². The second kappa shape index (κ2) is 5.16. The van der Waals surface area contributed by atoms with Gasteiger partial charge in [-0.2, -0.15) is 5.10 Å². The summed E-state index contributed by atoms with van der Waals surface area (Å²) < 4.78 is 15.1. The summed E-state index contributed by atoms with van der Waals surface area (Å²) in [5.74, 6) is 5.24. The fraction of sp³-hybridized carbons (Fsp3) is 0.0769. The van der Waals surface area contributed by atoms with Gasteiger partial charge in [0.15, 0.2) is 0 Å². The number of hydrogen-bond acceptors (Lipinski definition) is 4. The van der Waals surface area contributed by atoms with Gasteiger partial charge in [0.05, 0.1) is 24.0 Å².